The van der Waals surface area contributed by atoms with Crippen LogP contribution >= 0.6 is 0 Å². The van der Waals surface area contributed by atoms with Gasteiger partial charge in [-0.3, -0.25) is 14.8 Å². The zero-order valence-corrected chi connectivity index (χ0v) is 17.7. The van der Waals surface area contributed by atoms with Crippen LogP contribution in [0.15, 0.2) is 79.8 Å². The van der Waals surface area contributed by atoms with E-state index in [4.69, 9.17) is 4.74 Å². The lowest BCUT2D eigenvalue weighted by atomic mass is 10.0. The topological polar surface area (TPSA) is 71.1 Å². The number of H-pyrrole nitrogens is 1. The maximum atomic E-state index is 12.2. The monoisotopic (exact) mass is 424 g/mol. The summed E-state index contributed by atoms with van der Waals surface area (Å²) in [6.45, 7) is 4.77. The molecule has 0 unspecified atom stereocenters. The Morgan fingerprint density at radius 3 is 2.91 bits per heavy atom. The minimum absolute atomic E-state index is 0.0338. The van der Waals surface area contributed by atoms with Crippen molar-refractivity contribution in [1.82, 2.24) is 19.9 Å². The van der Waals surface area contributed by atoms with Crippen LogP contribution in [0.4, 0.5) is 0 Å². The van der Waals surface area contributed by atoms with Crippen molar-refractivity contribution in [3.05, 3.63) is 79.8 Å². The van der Waals surface area contributed by atoms with E-state index in [-0.39, 0.29) is 11.9 Å². The molecular formula is C26H24N4O2. The van der Waals surface area contributed by atoms with Crippen LogP contribution in [0, 0.1) is 0 Å². The molecule has 6 nitrogen and oxygen atoms in total. The van der Waals surface area contributed by atoms with E-state index in [0.29, 0.717) is 12.4 Å². The number of carbonyl (C=O) groups excluding carboxylic acids is 1. The fourth-order valence-electron chi connectivity index (χ4n) is 4.41. The molecule has 1 fully saturated rings. The van der Waals surface area contributed by atoms with Crippen LogP contribution in [0.1, 0.15) is 12.8 Å². The minimum Gasteiger partial charge on any atom is -0.489 e. The van der Waals surface area contributed by atoms with E-state index in [1.165, 1.54) is 6.08 Å². The first kappa shape index (κ1) is 20.0. The number of hydrogen-bond acceptors (Lipinski definition) is 4. The highest BCUT2D eigenvalue weighted by atomic mass is 16.5. The van der Waals surface area contributed by atoms with Crippen molar-refractivity contribution in [1.29, 1.82) is 0 Å². The first-order valence-corrected chi connectivity index (χ1v) is 10.8. The standard InChI is InChI=1S/C26H24N4O2/c1-2-23(31)30-15-7-10-19(30)17-32-22-16-27-14-12-20(22)25-24(18-8-4-3-5-9-18)26-21(29-25)11-6-13-28-26/h2-6,8-9,11-14,16,19,29H,1,7,10,15,17H2/t19-/m0/s1. The first-order chi connectivity index (χ1) is 15.8. The first-order valence-electron chi connectivity index (χ1n) is 10.8. The molecule has 4 heterocycles. The minimum atomic E-state index is -0.0458. The molecule has 32 heavy (non-hydrogen) atoms. The van der Waals surface area contributed by atoms with Crippen molar-refractivity contribution >= 4 is 16.9 Å². The van der Waals surface area contributed by atoms with Gasteiger partial charge in [-0.1, -0.05) is 36.9 Å². The van der Waals surface area contributed by atoms with Gasteiger partial charge in [0.15, 0.2) is 0 Å². The quantitative estimate of drug-likeness (QED) is 0.449. The molecule has 160 valence electrons. The van der Waals surface area contributed by atoms with E-state index >= 15 is 0 Å². The fourth-order valence-corrected chi connectivity index (χ4v) is 4.41. The second kappa shape index (κ2) is 8.67. The van der Waals surface area contributed by atoms with Crippen LogP contribution in [0.5, 0.6) is 5.75 Å². The Labute approximate surface area is 186 Å². The number of pyridine rings is 2. The number of benzene rings is 1. The second-order valence-electron chi connectivity index (χ2n) is 7.86. The third-order valence-corrected chi connectivity index (χ3v) is 5.94. The molecule has 1 atom stereocenters. The number of hydrogen-bond donors (Lipinski definition) is 1. The van der Waals surface area contributed by atoms with E-state index in [0.717, 1.165) is 52.8 Å². The molecule has 5 rings (SSSR count). The molecule has 0 bridgehead atoms. The largest absolute Gasteiger partial charge is 0.489 e. The van der Waals surface area contributed by atoms with Crippen molar-refractivity contribution in [2.75, 3.05) is 13.2 Å². The number of aromatic nitrogens is 3. The zero-order chi connectivity index (χ0) is 21.9. The maximum Gasteiger partial charge on any atom is 0.246 e. The highest BCUT2D eigenvalue weighted by molar-refractivity contribution is 6.02. The van der Waals surface area contributed by atoms with Crippen LogP contribution in [-0.2, 0) is 4.79 Å². The van der Waals surface area contributed by atoms with Gasteiger partial charge in [-0.15, -0.1) is 0 Å². The zero-order valence-electron chi connectivity index (χ0n) is 17.7. The van der Waals surface area contributed by atoms with Crippen LogP contribution in [-0.4, -0.2) is 45.0 Å². The van der Waals surface area contributed by atoms with Crippen molar-refractivity contribution in [3.63, 3.8) is 0 Å². The number of amides is 1. The van der Waals surface area contributed by atoms with Crippen LogP contribution in [0.3, 0.4) is 0 Å². The Kier molecular flexibility index (Phi) is 5.42. The predicted octanol–water partition coefficient (Wildman–Crippen LogP) is 4.85. The number of rotatable bonds is 6. The molecule has 1 amide bonds. The second-order valence-corrected chi connectivity index (χ2v) is 7.86. The molecule has 1 saturated heterocycles. The molecule has 1 aliphatic rings. The van der Waals surface area contributed by atoms with Crippen LogP contribution in [0.2, 0.25) is 0 Å². The Morgan fingerprint density at radius 1 is 1.19 bits per heavy atom. The lowest BCUT2D eigenvalue weighted by molar-refractivity contribution is -0.127. The van der Waals surface area contributed by atoms with E-state index in [1.54, 1.807) is 12.4 Å². The molecule has 4 aromatic rings. The molecule has 1 aliphatic heterocycles. The van der Waals surface area contributed by atoms with E-state index < -0.39 is 0 Å². The summed E-state index contributed by atoms with van der Waals surface area (Å²) < 4.78 is 6.26. The smallest absolute Gasteiger partial charge is 0.246 e. The summed E-state index contributed by atoms with van der Waals surface area (Å²) in [7, 11) is 0. The Balaban J connectivity index is 1.53. The number of ether oxygens (including phenoxy) is 1. The van der Waals surface area contributed by atoms with Crippen LogP contribution < -0.4 is 4.74 Å². The van der Waals surface area contributed by atoms with Crippen molar-refractivity contribution in [2.24, 2.45) is 0 Å². The summed E-state index contributed by atoms with van der Waals surface area (Å²) in [5.41, 5.74) is 5.83. The Hall–Kier alpha value is -3.93. The SMILES string of the molecule is C=CC(=O)N1CCC[C@H]1COc1cnccc1-c1[nH]c2cccnc2c1-c1ccccc1. The van der Waals surface area contributed by atoms with E-state index in [1.807, 2.05) is 47.5 Å². The highest BCUT2D eigenvalue weighted by Gasteiger charge is 2.28. The van der Waals surface area contributed by atoms with Crippen LogP contribution in [0.25, 0.3) is 33.4 Å². The van der Waals surface area contributed by atoms with Gasteiger partial charge in [0.25, 0.3) is 0 Å². The lowest BCUT2D eigenvalue weighted by Gasteiger charge is -2.24. The van der Waals surface area contributed by atoms with Gasteiger partial charge in [-0.05, 0) is 42.7 Å². The van der Waals surface area contributed by atoms with Crippen molar-refractivity contribution in [3.8, 4) is 28.1 Å². The molecule has 6 heteroatoms. The number of nitrogens with one attached hydrogen (secondary N) is 1. The highest BCUT2D eigenvalue weighted by Crippen LogP contribution is 2.40. The summed E-state index contributed by atoms with van der Waals surface area (Å²) >= 11 is 0. The number of carbonyl (C=O) groups is 1. The third-order valence-electron chi connectivity index (χ3n) is 5.94. The van der Waals surface area contributed by atoms with Crippen molar-refractivity contribution < 1.29 is 9.53 Å². The summed E-state index contributed by atoms with van der Waals surface area (Å²) in [5.74, 6) is 0.629. The average Bonchev–Trinajstić information content (AvgIpc) is 3.47. The lowest BCUT2D eigenvalue weighted by Crippen LogP contribution is -2.38. The van der Waals surface area contributed by atoms with E-state index in [9.17, 15) is 4.79 Å². The third kappa shape index (κ3) is 3.64. The van der Waals surface area contributed by atoms with E-state index in [2.05, 4.69) is 33.7 Å². The van der Waals surface area contributed by atoms with Gasteiger partial charge in [0, 0.05) is 30.1 Å². The molecule has 1 aromatic carbocycles. The molecule has 0 radical (unpaired) electrons. The maximum absolute atomic E-state index is 12.2. The Bertz CT molecular complexity index is 1270. The van der Waals surface area contributed by atoms with Gasteiger partial charge >= 0.3 is 0 Å². The molecule has 3 aromatic heterocycles. The van der Waals surface area contributed by atoms with Gasteiger partial charge in [-0.25, -0.2) is 0 Å². The number of fused-ring (bicyclic) bond motifs is 1. The molecule has 0 aliphatic carbocycles. The van der Waals surface area contributed by atoms with Gasteiger partial charge in [0.2, 0.25) is 5.91 Å². The number of likely N-dealkylation sites (tertiary alicyclic amines) is 1. The number of aromatic amines is 1. The predicted molar refractivity (Wildman–Crippen MR) is 125 cm³/mol. The molecule has 0 saturated carbocycles. The summed E-state index contributed by atoms with van der Waals surface area (Å²) in [5, 5.41) is 0. The molecular weight excluding hydrogens is 400 g/mol. The van der Waals surface area contributed by atoms with Gasteiger partial charge in [-0.2, -0.15) is 0 Å². The summed E-state index contributed by atoms with van der Waals surface area (Å²) in [6.07, 6.45) is 8.57. The average molecular weight is 425 g/mol. The normalized spacial score (nSPS) is 15.8. The Morgan fingerprint density at radius 2 is 2.06 bits per heavy atom. The summed E-state index contributed by atoms with van der Waals surface area (Å²) in [6, 6.07) is 16.2. The van der Waals surface area contributed by atoms with Gasteiger partial charge in [0.05, 0.1) is 29.0 Å². The molecule has 0 spiro atoms. The fraction of sp³-hybridized carbons (Fsp3) is 0.192. The van der Waals surface area contributed by atoms with Crippen molar-refractivity contribution in [2.45, 2.75) is 18.9 Å². The van der Waals surface area contributed by atoms with Gasteiger partial charge < -0.3 is 14.6 Å². The number of nitrogens with zero attached hydrogens (tertiary/aromatic N) is 3. The van der Waals surface area contributed by atoms with Gasteiger partial charge in [0.1, 0.15) is 12.4 Å². The summed E-state index contributed by atoms with van der Waals surface area (Å²) in [4.78, 5) is 26.5. The molecule has 1 N–H and O–H groups in total.